The van der Waals surface area contributed by atoms with Crippen molar-refractivity contribution in [3.63, 3.8) is 0 Å². The maximum atomic E-state index is 12.5. The van der Waals surface area contributed by atoms with E-state index in [-0.39, 0.29) is 5.69 Å². The van der Waals surface area contributed by atoms with Crippen molar-refractivity contribution in [1.29, 1.82) is 0 Å². The molecule has 0 spiro atoms. The first-order valence-electron chi connectivity index (χ1n) is 7.13. The lowest BCUT2D eigenvalue weighted by Crippen LogP contribution is -2.38. The third kappa shape index (κ3) is 3.24. The number of benzene rings is 2. The smallest absolute Gasteiger partial charge is 0.440 e. The number of carbonyl (C=O) groups is 1. The number of fused-ring (bicyclic) bond motifs is 1. The molecule has 0 aliphatic heterocycles. The maximum Gasteiger partial charge on any atom is 0.471 e. The Labute approximate surface area is 135 Å². The highest BCUT2D eigenvalue weighted by atomic mass is 19.4. The van der Waals surface area contributed by atoms with Gasteiger partial charge in [0.05, 0.1) is 0 Å². The number of oxazole rings is 1. The van der Waals surface area contributed by atoms with Crippen LogP contribution in [-0.4, -0.2) is 24.1 Å². The molecule has 0 fully saturated rings. The van der Waals surface area contributed by atoms with Crippen LogP contribution in [0.4, 0.5) is 18.9 Å². The largest absolute Gasteiger partial charge is 0.471 e. The fraction of sp³-hybridized carbons (Fsp3) is 0.176. The maximum absolute atomic E-state index is 12.5. The molecule has 0 aliphatic rings. The zero-order valence-electron chi connectivity index (χ0n) is 12.7. The normalized spacial score (nSPS) is 11.7. The van der Waals surface area contributed by atoms with E-state index >= 15 is 0 Å². The number of hydrogen-bond donors (Lipinski definition) is 0. The molecule has 2 aromatic carbocycles. The van der Waals surface area contributed by atoms with E-state index in [4.69, 9.17) is 4.42 Å². The van der Waals surface area contributed by atoms with Gasteiger partial charge in [0.1, 0.15) is 5.52 Å². The van der Waals surface area contributed by atoms with Crippen LogP contribution < -0.4 is 4.90 Å². The molecular formula is C17H13F3N2O2. The fourth-order valence-electron chi connectivity index (χ4n) is 2.33. The summed E-state index contributed by atoms with van der Waals surface area (Å²) in [4.78, 5) is 16.1. The number of anilines is 1. The summed E-state index contributed by atoms with van der Waals surface area (Å²) in [6, 6.07) is 13.8. The van der Waals surface area contributed by atoms with Gasteiger partial charge in [-0.2, -0.15) is 13.2 Å². The number of halogens is 3. The molecule has 24 heavy (non-hydrogen) atoms. The predicted molar refractivity (Wildman–Crippen MR) is 82.7 cm³/mol. The highest BCUT2D eigenvalue weighted by Crippen LogP contribution is 2.26. The van der Waals surface area contributed by atoms with Gasteiger partial charge in [0.2, 0.25) is 0 Å². The summed E-state index contributed by atoms with van der Waals surface area (Å²) in [6.45, 7) is 0. The van der Waals surface area contributed by atoms with E-state index in [1.54, 1.807) is 0 Å². The minimum Gasteiger partial charge on any atom is -0.440 e. The zero-order valence-corrected chi connectivity index (χ0v) is 12.7. The highest BCUT2D eigenvalue weighted by Gasteiger charge is 2.41. The molecule has 0 N–H and O–H groups in total. The summed E-state index contributed by atoms with van der Waals surface area (Å²) in [5.41, 5.74) is 1.97. The third-order valence-corrected chi connectivity index (χ3v) is 3.55. The molecule has 1 heterocycles. The van der Waals surface area contributed by atoms with Crippen LogP contribution in [0.3, 0.4) is 0 Å². The second-order valence-electron chi connectivity index (χ2n) is 5.28. The Morgan fingerprint density at radius 3 is 2.54 bits per heavy atom. The molecule has 1 aromatic heterocycles. The number of carbonyl (C=O) groups excluding carboxylic acids is 1. The van der Waals surface area contributed by atoms with Gasteiger partial charge in [-0.3, -0.25) is 4.79 Å². The summed E-state index contributed by atoms with van der Waals surface area (Å²) in [7, 11) is 1.07. The van der Waals surface area contributed by atoms with E-state index in [0.29, 0.717) is 28.3 Å². The Bertz CT molecular complexity index is 872. The van der Waals surface area contributed by atoms with Gasteiger partial charge in [-0.15, -0.1) is 0 Å². The van der Waals surface area contributed by atoms with Crippen LogP contribution >= 0.6 is 0 Å². The van der Waals surface area contributed by atoms with Crippen LogP contribution in [0.15, 0.2) is 52.9 Å². The first-order valence-corrected chi connectivity index (χ1v) is 7.13. The third-order valence-electron chi connectivity index (χ3n) is 3.55. The van der Waals surface area contributed by atoms with Gasteiger partial charge in [-0.05, 0) is 23.8 Å². The van der Waals surface area contributed by atoms with Gasteiger partial charge in [0.15, 0.2) is 11.5 Å². The van der Waals surface area contributed by atoms with Crippen molar-refractivity contribution in [3.8, 4) is 0 Å². The van der Waals surface area contributed by atoms with Gasteiger partial charge in [0.25, 0.3) is 0 Å². The van der Waals surface area contributed by atoms with Crippen molar-refractivity contribution >= 4 is 22.7 Å². The fourth-order valence-corrected chi connectivity index (χ4v) is 2.33. The number of alkyl halides is 3. The highest BCUT2D eigenvalue weighted by molar-refractivity contribution is 5.98. The van der Waals surface area contributed by atoms with Crippen molar-refractivity contribution in [2.75, 3.05) is 11.9 Å². The molecule has 0 saturated heterocycles. The molecule has 0 bridgehead atoms. The summed E-state index contributed by atoms with van der Waals surface area (Å²) in [6.07, 6.45) is -4.45. The quantitative estimate of drug-likeness (QED) is 0.729. The first-order chi connectivity index (χ1) is 11.3. The molecule has 1 amide bonds. The van der Waals surface area contributed by atoms with Crippen molar-refractivity contribution in [2.24, 2.45) is 0 Å². The predicted octanol–water partition coefficient (Wildman–Crippen LogP) is 3.94. The molecule has 0 radical (unpaired) electrons. The number of hydrogen-bond acceptors (Lipinski definition) is 3. The van der Waals surface area contributed by atoms with E-state index in [9.17, 15) is 18.0 Å². The molecule has 3 rings (SSSR count). The van der Waals surface area contributed by atoms with E-state index < -0.39 is 12.1 Å². The molecule has 7 heteroatoms. The van der Waals surface area contributed by atoms with Gasteiger partial charge in [0, 0.05) is 19.2 Å². The average Bonchev–Trinajstić information content (AvgIpc) is 2.94. The second kappa shape index (κ2) is 5.99. The Hall–Kier alpha value is -2.83. The van der Waals surface area contributed by atoms with Gasteiger partial charge >= 0.3 is 12.1 Å². The van der Waals surface area contributed by atoms with E-state index in [0.717, 1.165) is 12.6 Å². The minimum atomic E-state index is -4.92. The van der Waals surface area contributed by atoms with E-state index in [1.807, 2.05) is 30.3 Å². The molecule has 3 aromatic rings. The summed E-state index contributed by atoms with van der Waals surface area (Å²) in [5.74, 6) is -1.48. The summed E-state index contributed by atoms with van der Waals surface area (Å²) in [5, 5.41) is 0. The molecule has 124 valence electrons. The molecule has 0 saturated carbocycles. The molecular weight excluding hydrogens is 321 g/mol. The standard InChI is InChI=1S/C17H13F3N2O2/c1-22(16(23)17(18,19)20)12-7-8-14-13(10-12)21-15(24-14)9-11-5-3-2-4-6-11/h2-8,10H,9H2,1H3. The van der Waals surface area contributed by atoms with Crippen molar-refractivity contribution < 1.29 is 22.4 Å². The lowest BCUT2D eigenvalue weighted by atomic mass is 10.1. The topological polar surface area (TPSA) is 46.3 Å². The van der Waals surface area contributed by atoms with Gasteiger partial charge < -0.3 is 9.32 Å². The molecule has 0 aliphatic carbocycles. The Morgan fingerprint density at radius 1 is 1.17 bits per heavy atom. The Morgan fingerprint density at radius 2 is 1.88 bits per heavy atom. The van der Waals surface area contributed by atoms with Crippen molar-refractivity contribution in [2.45, 2.75) is 12.6 Å². The lowest BCUT2D eigenvalue weighted by Gasteiger charge is -2.18. The van der Waals surface area contributed by atoms with Gasteiger partial charge in [-0.25, -0.2) is 4.98 Å². The summed E-state index contributed by atoms with van der Waals surface area (Å²) >= 11 is 0. The SMILES string of the molecule is CN(C(=O)C(F)(F)F)c1ccc2oc(Cc3ccccc3)nc2c1. The lowest BCUT2D eigenvalue weighted by molar-refractivity contribution is -0.170. The van der Waals surface area contributed by atoms with Crippen molar-refractivity contribution in [1.82, 2.24) is 4.98 Å². The first kappa shape index (κ1) is 16.0. The van der Waals surface area contributed by atoms with Crippen LogP contribution in [0.25, 0.3) is 11.1 Å². The van der Waals surface area contributed by atoms with Crippen LogP contribution in [0.5, 0.6) is 0 Å². The second-order valence-corrected chi connectivity index (χ2v) is 5.28. The molecule has 0 unspecified atom stereocenters. The monoisotopic (exact) mass is 334 g/mol. The molecule has 4 nitrogen and oxygen atoms in total. The number of amides is 1. The Kier molecular flexibility index (Phi) is 4.01. The van der Waals surface area contributed by atoms with E-state index in [1.165, 1.54) is 18.2 Å². The average molecular weight is 334 g/mol. The number of rotatable bonds is 3. The van der Waals surface area contributed by atoms with Crippen LogP contribution in [-0.2, 0) is 11.2 Å². The summed E-state index contributed by atoms with van der Waals surface area (Å²) < 4.78 is 43.2. The minimum absolute atomic E-state index is 0.101. The zero-order chi connectivity index (χ0) is 17.3. The number of aromatic nitrogens is 1. The van der Waals surface area contributed by atoms with Crippen LogP contribution in [0, 0.1) is 0 Å². The van der Waals surface area contributed by atoms with Gasteiger partial charge in [-0.1, -0.05) is 30.3 Å². The molecule has 0 atom stereocenters. The van der Waals surface area contributed by atoms with E-state index in [2.05, 4.69) is 4.98 Å². The number of nitrogens with zero attached hydrogens (tertiary/aromatic N) is 2. The van der Waals surface area contributed by atoms with Crippen LogP contribution in [0.2, 0.25) is 0 Å². The van der Waals surface area contributed by atoms with Crippen molar-refractivity contribution in [3.05, 3.63) is 60.0 Å². The van der Waals surface area contributed by atoms with Crippen LogP contribution in [0.1, 0.15) is 11.5 Å². The Balaban J connectivity index is 1.88.